The van der Waals surface area contributed by atoms with E-state index in [4.69, 9.17) is 10.5 Å². The van der Waals surface area contributed by atoms with E-state index in [1.54, 1.807) is 4.90 Å². The number of benzene rings is 1. The molecule has 1 atom stereocenters. The Morgan fingerprint density at radius 1 is 1.40 bits per heavy atom. The third-order valence-electron chi connectivity index (χ3n) is 2.42. The van der Waals surface area contributed by atoms with Gasteiger partial charge in [0.25, 0.3) is 0 Å². The second kappa shape index (κ2) is 4.31. The van der Waals surface area contributed by atoms with Crippen LogP contribution in [0.25, 0.3) is 0 Å². The molecule has 4 nitrogen and oxygen atoms in total. The molecular formula is C11H14N2O2. The van der Waals surface area contributed by atoms with E-state index in [2.05, 4.69) is 0 Å². The lowest BCUT2D eigenvalue weighted by atomic mass is 10.1. The summed E-state index contributed by atoms with van der Waals surface area (Å²) in [5, 5.41) is 0. The highest BCUT2D eigenvalue weighted by Gasteiger charge is 2.32. The van der Waals surface area contributed by atoms with Crippen molar-refractivity contribution in [2.24, 2.45) is 5.73 Å². The second-order valence-corrected chi connectivity index (χ2v) is 3.55. The fraction of sp³-hybridized carbons (Fsp3) is 0.364. The van der Waals surface area contributed by atoms with Crippen molar-refractivity contribution in [3.63, 3.8) is 0 Å². The predicted molar refractivity (Wildman–Crippen MR) is 56.5 cm³/mol. The molecule has 0 aliphatic carbocycles. The van der Waals surface area contributed by atoms with Crippen molar-refractivity contribution in [3.05, 3.63) is 30.3 Å². The van der Waals surface area contributed by atoms with Gasteiger partial charge in [0.1, 0.15) is 18.4 Å². The first-order valence-corrected chi connectivity index (χ1v) is 4.99. The van der Waals surface area contributed by atoms with Crippen molar-refractivity contribution in [2.45, 2.75) is 6.04 Å². The van der Waals surface area contributed by atoms with E-state index in [0.29, 0.717) is 19.7 Å². The summed E-state index contributed by atoms with van der Waals surface area (Å²) in [4.78, 5) is 12.9. The Morgan fingerprint density at radius 2 is 2.13 bits per heavy atom. The van der Waals surface area contributed by atoms with Gasteiger partial charge in [-0.25, -0.2) is 0 Å². The largest absolute Gasteiger partial charge is 0.492 e. The van der Waals surface area contributed by atoms with Crippen LogP contribution in [0.3, 0.4) is 0 Å². The van der Waals surface area contributed by atoms with Gasteiger partial charge in [-0.3, -0.25) is 4.79 Å². The molecule has 0 saturated carbocycles. The number of nitrogens with two attached hydrogens (primary N) is 1. The summed E-state index contributed by atoms with van der Waals surface area (Å²) >= 11 is 0. The Balaban J connectivity index is 1.70. The molecule has 1 aliphatic rings. The van der Waals surface area contributed by atoms with Crippen LogP contribution in [-0.4, -0.2) is 36.5 Å². The van der Waals surface area contributed by atoms with Gasteiger partial charge in [-0.15, -0.1) is 0 Å². The molecular weight excluding hydrogens is 192 g/mol. The molecule has 1 saturated heterocycles. The molecule has 2 rings (SSSR count). The Bertz CT molecular complexity index is 340. The standard InChI is InChI=1S/C11H14N2O2/c12-10-8-13(11(10)14)6-7-15-9-4-2-1-3-5-9/h1-5,10H,6-8,12H2. The molecule has 4 heteroatoms. The number of hydrogen-bond donors (Lipinski definition) is 1. The lowest BCUT2D eigenvalue weighted by Crippen LogP contribution is -2.61. The Labute approximate surface area is 88.6 Å². The van der Waals surface area contributed by atoms with Gasteiger partial charge in [0.2, 0.25) is 5.91 Å². The lowest BCUT2D eigenvalue weighted by molar-refractivity contribution is -0.142. The highest BCUT2D eigenvalue weighted by atomic mass is 16.5. The first-order chi connectivity index (χ1) is 7.27. The van der Waals surface area contributed by atoms with Crippen LogP contribution in [0.2, 0.25) is 0 Å². The van der Waals surface area contributed by atoms with E-state index in [-0.39, 0.29) is 11.9 Å². The van der Waals surface area contributed by atoms with Crippen molar-refractivity contribution in [1.82, 2.24) is 4.90 Å². The number of ether oxygens (including phenoxy) is 1. The van der Waals surface area contributed by atoms with E-state index in [9.17, 15) is 4.79 Å². The van der Waals surface area contributed by atoms with Gasteiger partial charge >= 0.3 is 0 Å². The quantitative estimate of drug-likeness (QED) is 0.718. The summed E-state index contributed by atoms with van der Waals surface area (Å²) in [5.74, 6) is 0.849. The van der Waals surface area contributed by atoms with E-state index < -0.39 is 0 Å². The summed E-state index contributed by atoms with van der Waals surface area (Å²) in [6, 6.07) is 9.26. The minimum atomic E-state index is -0.290. The van der Waals surface area contributed by atoms with Gasteiger partial charge in [0, 0.05) is 6.54 Å². The lowest BCUT2D eigenvalue weighted by Gasteiger charge is -2.35. The van der Waals surface area contributed by atoms with Crippen molar-refractivity contribution < 1.29 is 9.53 Å². The predicted octanol–water partition coefficient (Wildman–Crippen LogP) is 0.235. The van der Waals surface area contributed by atoms with E-state index in [1.807, 2.05) is 30.3 Å². The van der Waals surface area contributed by atoms with Gasteiger partial charge in [-0.2, -0.15) is 0 Å². The summed E-state index contributed by atoms with van der Waals surface area (Å²) < 4.78 is 5.46. The van der Waals surface area contributed by atoms with Gasteiger partial charge in [0.15, 0.2) is 0 Å². The zero-order valence-corrected chi connectivity index (χ0v) is 8.43. The topological polar surface area (TPSA) is 55.6 Å². The summed E-state index contributed by atoms with van der Waals surface area (Å²) in [5.41, 5.74) is 5.46. The number of hydrogen-bond acceptors (Lipinski definition) is 3. The zero-order valence-electron chi connectivity index (χ0n) is 8.43. The number of carbonyl (C=O) groups is 1. The number of nitrogens with zero attached hydrogens (tertiary/aromatic N) is 1. The van der Waals surface area contributed by atoms with Crippen LogP contribution in [0.15, 0.2) is 30.3 Å². The number of rotatable bonds is 4. The highest BCUT2D eigenvalue weighted by molar-refractivity contribution is 5.87. The number of likely N-dealkylation sites (tertiary alicyclic amines) is 1. The van der Waals surface area contributed by atoms with Crippen LogP contribution < -0.4 is 10.5 Å². The number of carbonyl (C=O) groups excluding carboxylic acids is 1. The van der Waals surface area contributed by atoms with Crippen molar-refractivity contribution in [3.8, 4) is 5.75 Å². The molecule has 15 heavy (non-hydrogen) atoms. The Hall–Kier alpha value is -1.55. The van der Waals surface area contributed by atoms with Crippen molar-refractivity contribution in [2.75, 3.05) is 19.7 Å². The van der Waals surface area contributed by atoms with Gasteiger partial charge in [0.05, 0.1) is 6.54 Å². The smallest absolute Gasteiger partial charge is 0.241 e. The molecule has 80 valence electrons. The summed E-state index contributed by atoms with van der Waals surface area (Å²) in [6.07, 6.45) is 0. The Morgan fingerprint density at radius 3 is 2.73 bits per heavy atom. The van der Waals surface area contributed by atoms with Crippen LogP contribution in [0.5, 0.6) is 5.75 Å². The van der Waals surface area contributed by atoms with E-state index in [0.717, 1.165) is 5.75 Å². The molecule has 1 aromatic carbocycles. The maximum Gasteiger partial charge on any atom is 0.241 e. The molecule has 1 heterocycles. The van der Waals surface area contributed by atoms with E-state index >= 15 is 0 Å². The van der Waals surface area contributed by atoms with Crippen LogP contribution in [-0.2, 0) is 4.79 Å². The van der Waals surface area contributed by atoms with Crippen molar-refractivity contribution in [1.29, 1.82) is 0 Å². The zero-order chi connectivity index (χ0) is 10.7. The normalized spacial score (nSPS) is 19.9. The monoisotopic (exact) mass is 206 g/mol. The minimum absolute atomic E-state index is 0.0201. The first kappa shape index (κ1) is 9.98. The highest BCUT2D eigenvalue weighted by Crippen LogP contribution is 2.10. The van der Waals surface area contributed by atoms with Crippen LogP contribution in [0.1, 0.15) is 0 Å². The van der Waals surface area contributed by atoms with Gasteiger partial charge in [-0.1, -0.05) is 18.2 Å². The second-order valence-electron chi connectivity index (χ2n) is 3.55. The molecule has 2 N–H and O–H groups in total. The Kier molecular flexibility index (Phi) is 2.87. The SMILES string of the molecule is NC1CN(CCOc2ccccc2)C1=O. The molecule has 1 aliphatic heterocycles. The third-order valence-corrected chi connectivity index (χ3v) is 2.42. The molecule has 0 radical (unpaired) electrons. The average Bonchev–Trinajstić information content (AvgIpc) is 2.29. The molecule has 0 spiro atoms. The molecule has 1 fully saturated rings. The minimum Gasteiger partial charge on any atom is -0.492 e. The summed E-state index contributed by atoms with van der Waals surface area (Å²) in [7, 11) is 0. The van der Waals surface area contributed by atoms with Crippen LogP contribution in [0.4, 0.5) is 0 Å². The summed E-state index contributed by atoms with van der Waals surface area (Å²) in [6.45, 7) is 1.78. The molecule has 1 unspecified atom stereocenters. The fourth-order valence-corrected chi connectivity index (χ4v) is 1.52. The molecule has 1 amide bonds. The van der Waals surface area contributed by atoms with Crippen LogP contribution in [0, 0.1) is 0 Å². The average molecular weight is 206 g/mol. The molecule has 1 aromatic rings. The number of amides is 1. The molecule has 0 bridgehead atoms. The fourth-order valence-electron chi connectivity index (χ4n) is 1.52. The molecule has 0 aromatic heterocycles. The maximum atomic E-state index is 11.1. The van der Waals surface area contributed by atoms with Gasteiger partial charge in [-0.05, 0) is 12.1 Å². The maximum absolute atomic E-state index is 11.1. The number of para-hydroxylation sites is 1. The van der Waals surface area contributed by atoms with Crippen LogP contribution >= 0.6 is 0 Å². The van der Waals surface area contributed by atoms with Crippen molar-refractivity contribution >= 4 is 5.91 Å². The van der Waals surface area contributed by atoms with E-state index in [1.165, 1.54) is 0 Å². The van der Waals surface area contributed by atoms with Gasteiger partial charge < -0.3 is 15.4 Å². The third kappa shape index (κ3) is 2.27. The first-order valence-electron chi connectivity index (χ1n) is 4.99. The number of β-lactam (4-membered cyclic amide) rings is 1.